The van der Waals surface area contributed by atoms with E-state index in [1.165, 1.54) is 18.4 Å². The van der Waals surface area contributed by atoms with Gasteiger partial charge in [0.25, 0.3) is 5.91 Å². The highest BCUT2D eigenvalue weighted by Crippen LogP contribution is 2.38. The molecular formula is C16H19N3O. The van der Waals surface area contributed by atoms with Crippen molar-refractivity contribution in [2.75, 3.05) is 6.54 Å². The van der Waals surface area contributed by atoms with Crippen molar-refractivity contribution in [2.45, 2.75) is 31.6 Å². The van der Waals surface area contributed by atoms with Crippen molar-refractivity contribution in [3.8, 4) is 0 Å². The van der Waals surface area contributed by atoms with Gasteiger partial charge in [0.15, 0.2) is 0 Å². The standard InChI is InChI=1S/C16H19N3O/c1-11(12-5-3-2-4-6-12)10-17-16(20)15-9-14(18-19-15)13-7-8-13/h2-6,9,11,13H,7-8,10H2,1H3,(H,17,20)(H,18,19)/t11-/m0/s1. The molecule has 1 aliphatic carbocycles. The summed E-state index contributed by atoms with van der Waals surface area (Å²) in [5.74, 6) is 0.783. The second kappa shape index (κ2) is 5.49. The molecule has 1 saturated carbocycles. The van der Waals surface area contributed by atoms with Gasteiger partial charge in [-0.3, -0.25) is 9.89 Å². The zero-order chi connectivity index (χ0) is 13.9. The van der Waals surface area contributed by atoms with Crippen molar-refractivity contribution in [1.82, 2.24) is 15.5 Å². The molecule has 2 aromatic rings. The Morgan fingerprint density at radius 3 is 2.85 bits per heavy atom. The summed E-state index contributed by atoms with van der Waals surface area (Å²) in [7, 11) is 0. The van der Waals surface area contributed by atoms with E-state index < -0.39 is 0 Å². The third kappa shape index (κ3) is 2.90. The van der Waals surface area contributed by atoms with Crippen LogP contribution in [0, 0.1) is 0 Å². The molecule has 104 valence electrons. The number of nitrogens with zero attached hydrogens (tertiary/aromatic N) is 1. The van der Waals surface area contributed by atoms with Crippen molar-refractivity contribution in [2.24, 2.45) is 0 Å². The number of carbonyl (C=O) groups excluding carboxylic acids is 1. The molecule has 1 atom stereocenters. The van der Waals surface area contributed by atoms with E-state index in [1.807, 2.05) is 24.3 Å². The minimum absolute atomic E-state index is 0.101. The van der Waals surface area contributed by atoms with Crippen LogP contribution in [0.1, 0.15) is 53.3 Å². The summed E-state index contributed by atoms with van der Waals surface area (Å²) in [4.78, 5) is 12.0. The molecule has 1 aromatic heterocycles. The zero-order valence-electron chi connectivity index (χ0n) is 11.6. The fourth-order valence-electron chi connectivity index (χ4n) is 2.29. The monoisotopic (exact) mass is 269 g/mol. The van der Waals surface area contributed by atoms with Crippen LogP contribution in [0.4, 0.5) is 0 Å². The molecule has 1 aliphatic rings. The van der Waals surface area contributed by atoms with E-state index in [2.05, 4.69) is 34.6 Å². The van der Waals surface area contributed by atoms with Crippen LogP contribution in [0.2, 0.25) is 0 Å². The van der Waals surface area contributed by atoms with E-state index >= 15 is 0 Å². The van der Waals surface area contributed by atoms with Crippen molar-refractivity contribution < 1.29 is 4.79 Å². The lowest BCUT2D eigenvalue weighted by atomic mass is 10.0. The molecule has 1 aromatic carbocycles. The average Bonchev–Trinajstić information content (AvgIpc) is 3.22. The molecule has 0 unspecified atom stereocenters. The summed E-state index contributed by atoms with van der Waals surface area (Å²) >= 11 is 0. The first kappa shape index (κ1) is 12.9. The number of amides is 1. The minimum Gasteiger partial charge on any atom is -0.350 e. The smallest absolute Gasteiger partial charge is 0.271 e. The van der Waals surface area contributed by atoms with Crippen LogP contribution in [0.5, 0.6) is 0 Å². The average molecular weight is 269 g/mol. The first-order chi connectivity index (χ1) is 9.74. The quantitative estimate of drug-likeness (QED) is 0.877. The molecule has 1 heterocycles. The van der Waals surface area contributed by atoms with Gasteiger partial charge in [0, 0.05) is 18.2 Å². The number of benzene rings is 1. The maximum atomic E-state index is 12.0. The third-order valence-corrected chi connectivity index (χ3v) is 3.78. The van der Waals surface area contributed by atoms with Gasteiger partial charge >= 0.3 is 0 Å². The number of hydrogen-bond donors (Lipinski definition) is 2. The fraction of sp³-hybridized carbons (Fsp3) is 0.375. The van der Waals surface area contributed by atoms with Crippen LogP contribution in [0.15, 0.2) is 36.4 Å². The van der Waals surface area contributed by atoms with Gasteiger partial charge in [-0.2, -0.15) is 5.10 Å². The third-order valence-electron chi connectivity index (χ3n) is 3.78. The van der Waals surface area contributed by atoms with Crippen LogP contribution in [0.25, 0.3) is 0 Å². The van der Waals surface area contributed by atoms with E-state index in [-0.39, 0.29) is 5.91 Å². The van der Waals surface area contributed by atoms with E-state index in [9.17, 15) is 4.79 Å². The summed E-state index contributed by atoms with van der Waals surface area (Å²) in [6, 6.07) is 12.1. The number of carbonyl (C=O) groups is 1. The minimum atomic E-state index is -0.101. The van der Waals surface area contributed by atoms with Crippen molar-refractivity contribution in [1.29, 1.82) is 0 Å². The second-order valence-corrected chi connectivity index (χ2v) is 5.50. The predicted octanol–water partition coefficient (Wildman–Crippen LogP) is 2.82. The Hall–Kier alpha value is -2.10. The van der Waals surface area contributed by atoms with Gasteiger partial charge < -0.3 is 5.32 Å². The highest BCUT2D eigenvalue weighted by molar-refractivity contribution is 5.92. The van der Waals surface area contributed by atoms with E-state index in [4.69, 9.17) is 0 Å². The topological polar surface area (TPSA) is 57.8 Å². The van der Waals surface area contributed by atoms with Crippen LogP contribution in [-0.2, 0) is 0 Å². The first-order valence-corrected chi connectivity index (χ1v) is 7.12. The van der Waals surface area contributed by atoms with Gasteiger partial charge in [0.05, 0.1) is 0 Å². The lowest BCUT2D eigenvalue weighted by molar-refractivity contribution is 0.0946. The maximum Gasteiger partial charge on any atom is 0.271 e. The Bertz CT molecular complexity index is 587. The Morgan fingerprint density at radius 2 is 2.15 bits per heavy atom. The summed E-state index contributed by atoms with van der Waals surface area (Å²) in [6.45, 7) is 2.73. The molecular weight excluding hydrogens is 250 g/mol. The molecule has 1 amide bonds. The van der Waals surface area contributed by atoms with Crippen LogP contribution < -0.4 is 5.32 Å². The highest BCUT2D eigenvalue weighted by Gasteiger charge is 2.26. The lowest BCUT2D eigenvalue weighted by Gasteiger charge is -2.12. The summed E-state index contributed by atoms with van der Waals surface area (Å²) < 4.78 is 0. The molecule has 3 rings (SSSR count). The highest BCUT2D eigenvalue weighted by atomic mass is 16.1. The number of hydrogen-bond acceptors (Lipinski definition) is 2. The first-order valence-electron chi connectivity index (χ1n) is 7.12. The van der Waals surface area contributed by atoms with Gasteiger partial charge in [-0.05, 0) is 30.4 Å². The van der Waals surface area contributed by atoms with E-state index in [0.29, 0.717) is 24.1 Å². The number of aromatic nitrogens is 2. The molecule has 0 bridgehead atoms. The fourth-order valence-corrected chi connectivity index (χ4v) is 2.29. The van der Waals surface area contributed by atoms with E-state index in [1.54, 1.807) is 0 Å². The second-order valence-electron chi connectivity index (χ2n) is 5.50. The molecule has 4 nitrogen and oxygen atoms in total. The molecule has 0 radical (unpaired) electrons. The SMILES string of the molecule is C[C@@H](CNC(=O)c1cc(C2CC2)[nH]n1)c1ccccc1. The Labute approximate surface area is 118 Å². The van der Waals surface area contributed by atoms with Gasteiger partial charge in [0.2, 0.25) is 0 Å². The summed E-state index contributed by atoms with van der Waals surface area (Å²) in [6.07, 6.45) is 2.41. The van der Waals surface area contributed by atoms with Gasteiger partial charge in [0.1, 0.15) is 5.69 Å². The van der Waals surface area contributed by atoms with Crippen molar-refractivity contribution >= 4 is 5.91 Å². The van der Waals surface area contributed by atoms with Crippen LogP contribution in [0.3, 0.4) is 0 Å². The maximum absolute atomic E-state index is 12.0. The molecule has 0 spiro atoms. The molecule has 2 N–H and O–H groups in total. The molecule has 1 fully saturated rings. The Kier molecular flexibility index (Phi) is 3.54. The lowest BCUT2D eigenvalue weighted by Crippen LogP contribution is -2.27. The van der Waals surface area contributed by atoms with Gasteiger partial charge in [-0.15, -0.1) is 0 Å². The molecule has 0 saturated heterocycles. The number of aromatic amines is 1. The van der Waals surface area contributed by atoms with Crippen molar-refractivity contribution in [3.63, 3.8) is 0 Å². The van der Waals surface area contributed by atoms with Crippen molar-refractivity contribution in [3.05, 3.63) is 53.3 Å². The largest absolute Gasteiger partial charge is 0.350 e. The Morgan fingerprint density at radius 1 is 1.40 bits per heavy atom. The van der Waals surface area contributed by atoms with Gasteiger partial charge in [-0.25, -0.2) is 0 Å². The molecule has 20 heavy (non-hydrogen) atoms. The number of H-pyrrole nitrogens is 1. The number of rotatable bonds is 5. The predicted molar refractivity (Wildman–Crippen MR) is 77.8 cm³/mol. The van der Waals surface area contributed by atoms with Crippen LogP contribution >= 0.6 is 0 Å². The van der Waals surface area contributed by atoms with E-state index in [0.717, 1.165) is 5.69 Å². The van der Waals surface area contributed by atoms with Gasteiger partial charge in [-0.1, -0.05) is 37.3 Å². The zero-order valence-corrected chi connectivity index (χ0v) is 11.6. The number of nitrogens with one attached hydrogen (secondary N) is 2. The normalized spacial score (nSPS) is 15.8. The summed E-state index contributed by atoms with van der Waals surface area (Å²) in [5, 5.41) is 10.00. The van der Waals surface area contributed by atoms with Crippen LogP contribution in [-0.4, -0.2) is 22.6 Å². The molecule has 0 aliphatic heterocycles. The Balaban J connectivity index is 1.55. The summed E-state index contributed by atoms with van der Waals surface area (Å²) in [5.41, 5.74) is 2.81. The molecule has 4 heteroatoms.